The smallest absolute Gasteiger partial charge is 0.218 e. The van der Waals surface area contributed by atoms with Crippen molar-refractivity contribution in [2.45, 2.75) is 18.8 Å². The second-order valence-electron chi connectivity index (χ2n) is 3.50. The molecule has 1 atom stereocenters. The number of hydrogen-bond donors (Lipinski definition) is 2. The van der Waals surface area contributed by atoms with Gasteiger partial charge in [0.25, 0.3) is 0 Å². The predicted molar refractivity (Wildman–Crippen MR) is 64.8 cm³/mol. The van der Waals surface area contributed by atoms with Crippen LogP contribution in [0.3, 0.4) is 0 Å². The first-order valence-electron chi connectivity index (χ1n) is 4.64. The van der Waals surface area contributed by atoms with Crippen LogP contribution in [0.1, 0.15) is 24.6 Å². The van der Waals surface area contributed by atoms with E-state index in [0.717, 1.165) is 25.3 Å². The summed E-state index contributed by atoms with van der Waals surface area (Å²) in [6, 6.07) is 0. The van der Waals surface area contributed by atoms with Crippen LogP contribution in [-0.4, -0.2) is 27.9 Å². The lowest BCUT2D eigenvalue weighted by atomic mass is 9.99. The molecule has 0 aromatic carbocycles. The number of anilines is 1. The Morgan fingerprint density at radius 3 is 2.67 bits per heavy atom. The van der Waals surface area contributed by atoms with E-state index in [1.165, 1.54) is 6.42 Å². The summed E-state index contributed by atoms with van der Waals surface area (Å²) in [6.45, 7) is 2.09. The van der Waals surface area contributed by atoms with Crippen molar-refractivity contribution in [1.29, 1.82) is 0 Å². The molecule has 1 aromatic rings. The standard InChI is InChI=1S/C8H15N5.2ClH/c1-13-8(9)11-7(12-13)6-3-2-4-10-5-6;;/h6,10H,2-5H2,1H3,(H2,9,11,12);2*1H. The number of nitrogens with one attached hydrogen (secondary N) is 1. The van der Waals surface area contributed by atoms with Gasteiger partial charge in [0, 0.05) is 19.5 Å². The maximum atomic E-state index is 5.62. The molecule has 88 valence electrons. The summed E-state index contributed by atoms with van der Waals surface area (Å²) in [5.74, 6) is 1.82. The van der Waals surface area contributed by atoms with Crippen molar-refractivity contribution in [3.63, 3.8) is 0 Å². The summed E-state index contributed by atoms with van der Waals surface area (Å²) in [6.07, 6.45) is 2.36. The Morgan fingerprint density at radius 2 is 2.20 bits per heavy atom. The molecule has 0 bridgehead atoms. The Kier molecular flexibility index (Phi) is 5.93. The summed E-state index contributed by atoms with van der Waals surface area (Å²) < 4.78 is 1.63. The SMILES string of the molecule is Cl.Cl.Cn1nc(C2CCCNC2)nc1N. The van der Waals surface area contributed by atoms with Gasteiger partial charge in [0.15, 0.2) is 5.82 Å². The first-order valence-corrected chi connectivity index (χ1v) is 4.64. The van der Waals surface area contributed by atoms with Gasteiger partial charge in [-0.25, -0.2) is 4.68 Å². The van der Waals surface area contributed by atoms with E-state index in [-0.39, 0.29) is 24.8 Å². The molecule has 5 nitrogen and oxygen atoms in total. The van der Waals surface area contributed by atoms with Gasteiger partial charge in [0.05, 0.1) is 0 Å². The van der Waals surface area contributed by atoms with Gasteiger partial charge in [-0.05, 0) is 19.4 Å². The second-order valence-corrected chi connectivity index (χ2v) is 3.50. The summed E-state index contributed by atoms with van der Waals surface area (Å²) >= 11 is 0. The molecule has 1 fully saturated rings. The molecular weight excluding hydrogens is 237 g/mol. The molecule has 1 aliphatic heterocycles. The quantitative estimate of drug-likeness (QED) is 0.774. The molecule has 1 aliphatic rings. The number of nitrogens with zero attached hydrogens (tertiary/aromatic N) is 3. The topological polar surface area (TPSA) is 68.8 Å². The third kappa shape index (κ3) is 3.22. The zero-order chi connectivity index (χ0) is 9.26. The monoisotopic (exact) mass is 253 g/mol. The summed E-state index contributed by atoms with van der Waals surface area (Å²) in [5.41, 5.74) is 5.62. The molecule has 0 amide bonds. The van der Waals surface area contributed by atoms with Crippen LogP contribution >= 0.6 is 24.8 Å². The molecule has 2 rings (SSSR count). The van der Waals surface area contributed by atoms with Gasteiger partial charge < -0.3 is 11.1 Å². The number of aromatic nitrogens is 3. The van der Waals surface area contributed by atoms with Gasteiger partial charge in [0.1, 0.15) is 0 Å². The lowest BCUT2D eigenvalue weighted by molar-refractivity contribution is 0.445. The summed E-state index contributed by atoms with van der Waals surface area (Å²) in [7, 11) is 1.82. The Labute approximate surface area is 102 Å². The molecule has 7 heteroatoms. The Balaban J connectivity index is 0.000000980. The van der Waals surface area contributed by atoms with Crippen molar-refractivity contribution in [3.05, 3.63) is 5.82 Å². The van der Waals surface area contributed by atoms with E-state index in [0.29, 0.717) is 11.9 Å². The van der Waals surface area contributed by atoms with Crippen LogP contribution in [0.5, 0.6) is 0 Å². The van der Waals surface area contributed by atoms with Crippen LogP contribution in [0.15, 0.2) is 0 Å². The number of nitrogen functional groups attached to an aromatic ring is 1. The molecular formula is C8H17Cl2N5. The molecule has 1 unspecified atom stereocenters. The lowest BCUT2D eigenvalue weighted by Gasteiger charge is -2.19. The number of rotatable bonds is 1. The van der Waals surface area contributed by atoms with Crippen LogP contribution in [0, 0.1) is 0 Å². The molecule has 1 saturated heterocycles. The molecule has 0 radical (unpaired) electrons. The Morgan fingerprint density at radius 1 is 1.47 bits per heavy atom. The molecule has 0 spiro atoms. The molecule has 0 aliphatic carbocycles. The van der Waals surface area contributed by atoms with Gasteiger partial charge in [0.2, 0.25) is 5.95 Å². The van der Waals surface area contributed by atoms with E-state index in [1.54, 1.807) is 4.68 Å². The fraction of sp³-hybridized carbons (Fsp3) is 0.750. The number of piperidine rings is 1. The summed E-state index contributed by atoms with van der Waals surface area (Å²) in [4.78, 5) is 4.22. The molecule has 0 saturated carbocycles. The van der Waals surface area contributed by atoms with Crippen LogP contribution < -0.4 is 11.1 Å². The van der Waals surface area contributed by atoms with Crippen molar-refractivity contribution in [2.75, 3.05) is 18.8 Å². The van der Waals surface area contributed by atoms with Gasteiger partial charge in [-0.3, -0.25) is 0 Å². The molecule has 15 heavy (non-hydrogen) atoms. The summed E-state index contributed by atoms with van der Waals surface area (Å²) in [5, 5.41) is 7.61. The minimum Gasteiger partial charge on any atom is -0.368 e. The highest BCUT2D eigenvalue weighted by Gasteiger charge is 2.19. The number of halogens is 2. The second kappa shape index (κ2) is 6.15. The third-order valence-electron chi connectivity index (χ3n) is 2.48. The first kappa shape index (κ1) is 14.5. The number of hydrogen-bond acceptors (Lipinski definition) is 4. The molecule has 1 aromatic heterocycles. The van der Waals surface area contributed by atoms with Crippen molar-refractivity contribution < 1.29 is 0 Å². The zero-order valence-electron chi connectivity index (χ0n) is 8.64. The highest BCUT2D eigenvalue weighted by atomic mass is 35.5. The zero-order valence-corrected chi connectivity index (χ0v) is 10.3. The van der Waals surface area contributed by atoms with Crippen molar-refractivity contribution in [3.8, 4) is 0 Å². The van der Waals surface area contributed by atoms with E-state index < -0.39 is 0 Å². The largest absolute Gasteiger partial charge is 0.368 e. The van der Waals surface area contributed by atoms with Crippen molar-refractivity contribution in [1.82, 2.24) is 20.1 Å². The van der Waals surface area contributed by atoms with Gasteiger partial charge >= 0.3 is 0 Å². The molecule has 3 N–H and O–H groups in total. The lowest BCUT2D eigenvalue weighted by Crippen LogP contribution is -2.29. The third-order valence-corrected chi connectivity index (χ3v) is 2.48. The normalized spacial score (nSPS) is 20.2. The van der Waals surface area contributed by atoms with Crippen molar-refractivity contribution >= 4 is 30.8 Å². The van der Waals surface area contributed by atoms with Crippen LogP contribution in [-0.2, 0) is 7.05 Å². The number of nitrogens with two attached hydrogens (primary N) is 1. The van der Waals surface area contributed by atoms with E-state index in [4.69, 9.17) is 5.73 Å². The highest BCUT2D eigenvalue weighted by molar-refractivity contribution is 5.85. The van der Waals surface area contributed by atoms with E-state index in [2.05, 4.69) is 15.4 Å². The van der Waals surface area contributed by atoms with Gasteiger partial charge in [-0.2, -0.15) is 10.1 Å². The Hall–Kier alpha value is -0.520. The first-order chi connectivity index (χ1) is 6.27. The van der Waals surface area contributed by atoms with Crippen LogP contribution in [0.25, 0.3) is 0 Å². The predicted octanol–water partition coefficient (Wildman–Crippen LogP) is 0.708. The van der Waals surface area contributed by atoms with Gasteiger partial charge in [-0.1, -0.05) is 0 Å². The van der Waals surface area contributed by atoms with E-state index in [1.807, 2.05) is 7.05 Å². The van der Waals surface area contributed by atoms with E-state index in [9.17, 15) is 0 Å². The Bertz CT molecular complexity index is 276. The fourth-order valence-corrected chi connectivity index (χ4v) is 1.66. The van der Waals surface area contributed by atoms with Gasteiger partial charge in [-0.15, -0.1) is 24.8 Å². The van der Waals surface area contributed by atoms with Crippen molar-refractivity contribution in [2.24, 2.45) is 7.05 Å². The maximum absolute atomic E-state index is 5.62. The van der Waals surface area contributed by atoms with E-state index >= 15 is 0 Å². The highest BCUT2D eigenvalue weighted by Crippen LogP contribution is 2.20. The average molecular weight is 254 g/mol. The number of aryl methyl sites for hydroxylation is 1. The van der Waals surface area contributed by atoms with Crippen LogP contribution in [0.2, 0.25) is 0 Å². The average Bonchev–Trinajstić information content (AvgIpc) is 2.49. The molecule has 2 heterocycles. The minimum atomic E-state index is 0. The fourth-order valence-electron chi connectivity index (χ4n) is 1.66. The maximum Gasteiger partial charge on any atom is 0.218 e. The van der Waals surface area contributed by atoms with Crippen LogP contribution in [0.4, 0.5) is 5.95 Å². The minimum absolute atomic E-state index is 0.